The van der Waals surface area contributed by atoms with E-state index in [2.05, 4.69) is 0 Å². The highest BCUT2D eigenvalue weighted by atomic mass is 14.7. The van der Waals surface area contributed by atoms with Crippen molar-refractivity contribution in [3.8, 4) is 0 Å². The summed E-state index contributed by atoms with van der Waals surface area (Å²) in [7, 11) is 0. The average Bonchev–Trinajstić information content (AvgIpc) is 1.93. The van der Waals surface area contributed by atoms with Gasteiger partial charge in [0.25, 0.3) is 0 Å². The lowest BCUT2D eigenvalue weighted by atomic mass is 9.93. The fourth-order valence-electron chi connectivity index (χ4n) is 1.05. The van der Waals surface area contributed by atoms with Gasteiger partial charge in [-0.3, -0.25) is 0 Å². The van der Waals surface area contributed by atoms with Crippen LogP contribution in [0.25, 0.3) is 0 Å². The highest BCUT2D eigenvalue weighted by molar-refractivity contribution is 5.32. The highest BCUT2D eigenvalue weighted by Crippen LogP contribution is 2.16. The molecule has 0 aromatic heterocycles. The van der Waals surface area contributed by atoms with Crippen molar-refractivity contribution >= 4 is 0 Å². The molecule has 1 rings (SSSR count). The standard InChI is InChI=1S/C8H14N2/c1-5-6(2)8(10)4-3-7(5)9/h3-4,7-8H,9-10H2,1-2H3. The molecule has 0 heterocycles. The van der Waals surface area contributed by atoms with Gasteiger partial charge < -0.3 is 11.5 Å². The molecule has 0 saturated carbocycles. The Balaban J connectivity index is 2.88. The van der Waals surface area contributed by atoms with E-state index >= 15 is 0 Å². The number of hydrogen-bond acceptors (Lipinski definition) is 2. The van der Waals surface area contributed by atoms with E-state index in [-0.39, 0.29) is 12.1 Å². The second-order valence-electron chi connectivity index (χ2n) is 2.80. The average molecular weight is 138 g/mol. The molecule has 1 aliphatic rings. The number of rotatable bonds is 0. The molecule has 0 amide bonds. The van der Waals surface area contributed by atoms with Gasteiger partial charge in [-0.15, -0.1) is 0 Å². The van der Waals surface area contributed by atoms with E-state index in [0.29, 0.717) is 0 Å². The summed E-state index contributed by atoms with van der Waals surface area (Å²) < 4.78 is 0. The summed E-state index contributed by atoms with van der Waals surface area (Å²) in [4.78, 5) is 0. The van der Waals surface area contributed by atoms with E-state index in [1.165, 1.54) is 11.1 Å². The minimum atomic E-state index is 0.0831. The highest BCUT2D eigenvalue weighted by Gasteiger charge is 2.13. The van der Waals surface area contributed by atoms with Crippen LogP contribution in [0.15, 0.2) is 23.3 Å². The molecule has 0 bridgehead atoms. The molecule has 0 spiro atoms. The van der Waals surface area contributed by atoms with E-state index in [1.807, 2.05) is 26.0 Å². The van der Waals surface area contributed by atoms with E-state index in [1.54, 1.807) is 0 Å². The summed E-state index contributed by atoms with van der Waals surface area (Å²) in [5, 5.41) is 0. The van der Waals surface area contributed by atoms with E-state index in [4.69, 9.17) is 11.5 Å². The maximum Gasteiger partial charge on any atom is 0.0441 e. The lowest BCUT2D eigenvalue weighted by Crippen LogP contribution is -2.30. The molecule has 4 N–H and O–H groups in total. The first-order valence-corrected chi connectivity index (χ1v) is 3.49. The molecule has 0 saturated heterocycles. The van der Waals surface area contributed by atoms with Crippen molar-refractivity contribution in [3.05, 3.63) is 23.3 Å². The van der Waals surface area contributed by atoms with Crippen molar-refractivity contribution in [3.63, 3.8) is 0 Å². The van der Waals surface area contributed by atoms with Crippen LogP contribution in [0.3, 0.4) is 0 Å². The molecular weight excluding hydrogens is 124 g/mol. The van der Waals surface area contributed by atoms with Crippen LogP contribution in [-0.2, 0) is 0 Å². The molecule has 2 atom stereocenters. The van der Waals surface area contributed by atoms with Gasteiger partial charge in [-0.1, -0.05) is 23.3 Å². The van der Waals surface area contributed by atoms with Crippen molar-refractivity contribution in [2.45, 2.75) is 25.9 Å². The van der Waals surface area contributed by atoms with Crippen LogP contribution in [0.5, 0.6) is 0 Å². The van der Waals surface area contributed by atoms with Crippen molar-refractivity contribution in [1.29, 1.82) is 0 Å². The maximum absolute atomic E-state index is 5.73. The van der Waals surface area contributed by atoms with Gasteiger partial charge in [0, 0.05) is 12.1 Å². The fraction of sp³-hybridized carbons (Fsp3) is 0.500. The van der Waals surface area contributed by atoms with Gasteiger partial charge in [0.05, 0.1) is 0 Å². The van der Waals surface area contributed by atoms with E-state index in [9.17, 15) is 0 Å². The third-order valence-corrected chi connectivity index (χ3v) is 2.15. The molecule has 0 radical (unpaired) electrons. The molecule has 2 unspecified atom stereocenters. The molecule has 1 aliphatic carbocycles. The third kappa shape index (κ3) is 1.13. The van der Waals surface area contributed by atoms with E-state index in [0.717, 1.165) is 0 Å². The molecule has 0 fully saturated rings. The first-order valence-electron chi connectivity index (χ1n) is 3.49. The molecule has 0 aliphatic heterocycles. The minimum absolute atomic E-state index is 0.0831. The molecule has 0 aromatic rings. The number of nitrogens with two attached hydrogens (primary N) is 2. The summed E-state index contributed by atoms with van der Waals surface area (Å²) in [6, 6.07) is 0.166. The number of hydrogen-bond donors (Lipinski definition) is 2. The van der Waals surface area contributed by atoms with Crippen molar-refractivity contribution in [1.82, 2.24) is 0 Å². The zero-order valence-electron chi connectivity index (χ0n) is 6.46. The van der Waals surface area contributed by atoms with Gasteiger partial charge in [0.2, 0.25) is 0 Å². The fourth-order valence-corrected chi connectivity index (χ4v) is 1.05. The first-order chi connectivity index (χ1) is 4.63. The zero-order chi connectivity index (χ0) is 7.72. The second kappa shape index (κ2) is 2.56. The monoisotopic (exact) mass is 138 g/mol. The van der Waals surface area contributed by atoms with Gasteiger partial charge in [0.15, 0.2) is 0 Å². The van der Waals surface area contributed by atoms with Crippen LogP contribution >= 0.6 is 0 Å². The predicted octanol–water partition coefficient (Wildman–Crippen LogP) is 0.547. The Morgan fingerprint density at radius 1 is 1.00 bits per heavy atom. The molecule has 2 nitrogen and oxygen atoms in total. The lowest BCUT2D eigenvalue weighted by molar-refractivity contribution is 0.819. The Kier molecular flexibility index (Phi) is 1.92. The summed E-state index contributed by atoms with van der Waals surface area (Å²) in [5.41, 5.74) is 13.9. The maximum atomic E-state index is 5.73. The van der Waals surface area contributed by atoms with Crippen LogP contribution in [0.2, 0.25) is 0 Å². The third-order valence-electron chi connectivity index (χ3n) is 2.15. The largest absolute Gasteiger partial charge is 0.321 e. The molecule has 10 heavy (non-hydrogen) atoms. The summed E-state index contributed by atoms with van der Waals surface area (Å²) >= 11 is 0. The topological polar surface area (TPSA) is 52.0 Å². The van der Waals surface area contributed by atoms with Gasteiger partial charge in [-0.05, 0) is 13.8 Å². The summed E-state index contributed by atoms with van der Waals surface area (Å²) in [5.74, 6) is 0. The lowest BCUT2D eigenvalue weighted by Gasteiger charge is -2.20. The van der Waals surface area contributed by atoms with Gasteiger partial charge in [-0.2, -0.15) is 0 Å². The van der Waals surface area contributed by atoms with E-state index < -0.39 is 0 Å². The van der Waals surface area contributed by atoms with Crippen LogP contribution < -0.4 is 11.5 Å². The van der Waals surface area contributed by atoms with Crippen LogP contribution in [-0.4, -0.2) is 12.1 Å². The molecular formula is C8H14N2. The Morgan fingerprint density at radius 3 is 1.60 bits per heavy atom. The van der Waals surface area contributed by atoms with Gasteiger partial charge in [-0.25, -0.2) is 0 Å². The molecule has 2 heteroatoms. The summed E-state index contributed by atoms with van der Waals surface area (Å²) in [6.07, 6.45) is 3.90. The SMILES string of the molecule is CC1=C(C)C(N)C=CC1N. The Labute approximate surface area is 61.6 Å². The minimum Gasteiger partial charge on any atom is -0.321 e. The van der Waals surface area contributed by atoms with Crippen LogP contribution in [0, 0.1) is 0 Å². The van der Waals surface area contributed by atoms with Crippen molar-refractivity contribution in [2.24, 2.45) is 11.5 Å². The van der Waals surface area contributed by atoms with Gasteiger partial charge in [0.1, 0.15) is 0 Å². The first kappa shape index (κ1) is 7.51. The second-order valence-corrected chi connectivity index (χ2v) is 2.80. The van der Waals surface area contributed by atoms with Crippen LogP contribution in [0.1, 0.15) is 13.8 Å². The Morgan fingerprint density at radius 2 is 1.30 bits per heavy atom. The predicted molar refractivity (Wildman–Crippen MR) is 43.5 cm³/mol. The summed E-state index contributed by atoms with van der Waals surface area (Å²) in [6.45, 7) is 4.06. The van der Waals surface area contributed by atoms with Crippen molar-refractivity contribution < 1.29 is 0 Å². The Hall–Kier alpha value is -0.600. The van der Waals surface area contributed by atoms with Gasteiger partial charge >= 0.3 is 0 Å². The smallest absolute Gasteiger partial charge is 0.0441 e. The normalized spacial score (nSPS) is 33.2. The van der Waals surface area contributed by atoms with Crippen molar-refractivity contribution in [2.75, 3.05) is 0 Å². The zero-order valence-corrected chi connectivity index (χ0v) is 6.46. The van der Waals surface area contributed by atoms with Crippen LogP contribution in [0.4, 0.5) is 0 Å². The molecule has 0 aromatic carbocycles. The Bertz CT molecular complexity index is 171. The quantitative estimate of drug-likeness (QED) is 0.480. The molecule has 56 valence electrons.